The number of carbonyl (C=O) groups is 3. The third-order valence-corrected chi connectivity index (χ3v) is 5.16. The minimum absolute atomic E-state index is 0.241. The molecule has 0 bridgehead atoms. The van der Waals surface area contributed by atoms with Crippen LogP contribution in [0.5, 0.6) is 5.75 Å². The van der Waals surface area contributed by atoms with Crippen molar-refractivity contribution in [3.8, 4) is 5.75 Å². The minimum Gasteiger partial charge on any atom is -0.406 e. The summed E-state index contributed by atoms with van der Waals surface area (Å²) in [5, 5.41) is 2.55. The number of amides is 3. The van der Waals surface area contributed by atoms with Gasteiger partial charge in [-0.2, -0.15) is 0 Å². The van der Waals surface area contributed by atoms with Gasteiger partial charge >= 0.3 is 6.36 Å². The van der Waals surface area contributed by atoms with Gasteiger partial charge in [0.1, 0.15) is 18.3 Å². The van der Waals surface area contributed by atoms with E-state index in [9.17, 15) is 27.6 Å². The molecule has 2 heterocycles. The number of ether oxygens (including phenoxy) is 1. The average Bonchev–Trinajstić information content (AvgIpc) is 3.19. The van der Waals surface area contributed by atoms with Crippen molar-refractivity contribution in [2.45, 2.75) is 25.2 Å². The second kappa shape index (κ2) is 7.93. The van der Waals surface area contributed by atoms with Crippen molar-refractivity contribution in [2.75, 3.05) is 23.3 Å². The van der Waals surface area contributed by atoms with Crippen LogP contribution in [0.1, 0.15) is 23.2 Å². The molecule has 0 radical (unpaired) electrons. The summed E-state index contributed by atoms with van der Waals surface area (Å²) in [6, 6.07) is 10.7. The molecule has 0 saturated carbocycles. The number of hydrogen-bond acceptors (Lipinski definition) is 4. The molecular formula is C21H18F3N3O4. The number of fused-ring (bicyclic) bond motifs is 2. The lowest BCUT2D eigenvalue weighted by atomic mass is 10.1. The Morgan fingerprint density at radius 1 is 1.10 bits per heavy atom. The smallest absolute Gasteiger partial charge is 0.406 e. The summed E-state index contributed by atoms with van der Waals surface area (Å²) in [6.45, 7) is 0.143. The molecule has 1 saturated heterocycles. The topological polar surface area (TPSA) is 79.0 Å². The number of carbonyl (C=O) groups excluding carboxylic acids is 3. The normalized spacial score (nSPS) is 18.4. The van der Waals surface area contributed by atoms with E-state index in [0.717, 1.165) is 12.1 Å². The number of hydrogen-bond donors (Lipinski definition) is 1. The molecule has 31 heavy (non-hydrogen) atoms. The molecule has 1 fully saturated rings. The first-order chi connectivity index (χ1) is 14.7. The van der Waals surface area contributed by atoms with Gasteiger partial charge in [-0.25, -0.2) is 0 Å². The zero-order valence-corrected chi connectivity index (χ0v) is 16.2. The Labute approximate surface area is 175 Å². The fourth-order valence-electron chi connectivity index (χ4n) is 3.86. The van der Waals surface area contributed by atoms with Gasteiger partial charge in [0, 0.05) is 12.2 Å². The lowest BCUT2D eigenvalue weighted by molar-refractivity contribution is -0.274. The molecule has 2 aromatic carbocycles. The molecule has 3 amide bonds. The van der Waals surface area contributed by atoms with Crippen LogP contribution >= 0.6 is 0 Å². The van der Waals surface area contributed by atoms with E-state index in [4.69, 9.17) is 0 Å². The summed E-state index contributed by atoms with van der Waals surface area (Å²) < 4.78 is 40.6. The molecule has 10 heteroatoms. The SMILES string of the molecule is O=C(CN1C(=O)[C@H]2CCCN2C(=O)c2ccccc21)Nc1ccc(OC(F)(F)F)cc1. The lowest BCUT2D eigenvalue weighted by Gasteiger charge is -2.25. The van der Waals surface area contributed by atoms with Gasteiger partial charge in [0.25, 0.3) is 5.91 Å². The second-order valence-corrected chi connectivity index (χ2v) is 7.22. The van der Waals surface area contributed by atoms with Crippen LogP contribution in [0, 0.1) is 0 Å². The fourth-order valence-corrected chi connectivity index (χ4v) is 3.86. The molecule has 2 aliphatic rings. The maximum Gasteiger partial charge on any atom is 0.573 e. The maximum atomic E-state index is 13.1. The number of nitrogens with zero attached hydrogens (tertiary/aromatic N) is 2. The third-order valence-electron chi connectivity index (χ3n) is 5.16. The minimum atomic E-state index is -4.81. The van der Waals surface area contributed by atoms with Gasteiger partial charge in [-0.3, -0.25) is 14.4 Å². The first-order valence-electron chi connectivity index (χ1n) is 9.60. The van der Waals surface area contributed by atoms with Gasteiger partial charge in [-0.05, 0) is 49.2 Å². The van der Waals surface area contributed by atoms with Crippen LogP contribution in [0.15, 0.2) is 48.5 Å². The van der Waals surface area contributed by atoms with E-state index >= 15 is 0 Å². The van der Waals surface area contributed by atoms with Gasteiger partial charge in [0.05, 0.1) is 11.3 Å². The van der Waals surface area contributed by atoms with E-state index in [-0.39, 0.29) is 24.0 Å². The molecule has 1 atom stereocenters. The molecule has 0 spiro atoms. The highest BCUT2D eigenvalue weighted by atomic mass is 19.4. The van der Waals surface area contributed by atoms with E-state index in [1.807, 2.05) is 0 Å². The number of anilines is 2. The fraction of sp³-hybridized carbons (Fsp3) is 0.286. The molecule has 7 nitrogen and oxygen atoms in total. The van der Waals surface area contributed by atoms with Crippen molar-refractivity contribution in [1.29, 1.82) is 0 Å². The Morgan fingerprint density at radius 3 is 2.52 bits per heavy atom. The van der Waals surface area contributed by atoms with Crippen molar-refractivity contribution in [2.24, 2.45) is 0 Å². The monoisotopic (exact) mass is 433 g/mol. The van der Waals surface area contributed by atoms with Gasteiger partial charge in [-0.15, -0.1) is 13.2 Å². The highest BCUT2D eigenvalue weighted by molar-refractivity contribution is 6.13. The third kappa shape index (κ3) is 4.32. The summed E-state index contributed by atoms with van der Waals surface area (Å²) in [4.78, 5) is 41.5. The number of benzene rings is 2. The van der Waals surface area contributed by atoms with Gasteiger partial charge in [0.2, 0.25) is 11.8 Å². The predicted octanol–water partition coefficient (Wildman–Crippen LogP) is 3.18. The van der Waals surface area contributed by atoms with Gasteiger partial charge < -0.3 is 19.9 Å². The van der Waals surface area contributed by atoms with Crippen LogP contribution in [-0.4, -0.2) is 48.1 Å². The van der Waals surface area contributed by atoms with Crippen molar-refractivity contribution in [3.63, 3.8) is 0 Å². The molecule has 0 aromatic heterocycles. The van der Waals surface area contributed by atoms with E-state index in [2.05, 4.69) is 10.1 Å². The Balaban J connectivity index is 1.52. The Kier molecular flexibility index (Phi) is 5.30. The molecule has 2 aromatic rings. The quantitative estimate of drug-likeness (QED) is 0.804. The van der Waals surface area contributed by atoms with E-state index in [1.54, 1.807) is 29.2 Å². The van der Waals surface area contributed by atoms with Crippen LogP contribution in [0.4, 0.5) is 24.5 Å². The van der Waals surface area contributed by atoms with Crippen LogP contribution in [0.2, 0.25) is 0 Å². The number of halogens is 3. The Hall–Kier alpha value is -3.56. The van der Waals surface area contributed by atoms with E-state index < -0.39 is 24.1 Å². The van der Waals surface area contributed by atoms with Crippen LogP contribution in [0.25, 0.3) is 0 Å². The van der Waals surface area contributed by atoms with Crippen molar-refractivity contribution in [1.82, 2.24) is 4.90 Å². The molecule has 0 aliphatic carbocycles. The summed E-state index contributed by atoms with van der Waals surface area (Å²) in [5.74, 6) is -1.54. The highest BCUT2D eigenvalue weighted by Gasteiger charge is 2.42. The van der Waals surface area contributed by atoms with Crippen molar-refractivity contribution in [3.05, 3.63) is 54.1 Å². The summed E-state index contributed by atoms with van der Waals surface area (Å²) >= 11 is 0. The Morgan fingerprint density at radius 2 is 1.81 bits per heavy atom. The zero-order chi connectivity index (χ0) is 22.2. The summed E-state index contributed by atoms with van der Waals surface area (Å²) in [6.07, 6.45) is -3.58. The Bertz CT molecular complexity index is 1020. The summed E-state index contributed by atoms with van der Waals surface area (Å²) in [7, 11) is 0. The van der Waals surface area contributed by atoms with E-state index in [0.29, 0.717) is 30.6 Å². The number of nitrogens with one attached hydrogen (secondary N) is 1. The molecule has 0 unspecified atom stereocenters. The van der Waals surface area contributed by atoms with E-state index in [1.165, 1.54) is 17.0 Å². The maximum absolute atomic E-state index is 13.1. The average molecular weight is 433 g/mol. The molecule has 162 valence electrons. The molecular weight excluding hydrogens is 415 g/mol. The van der Waals surface area contributed by atoms with Gasteiger partial charge in [0.15, 0.2) is 0 Å². The zero-order valence-electron chi connectivity index (χ0n) is 16.2. The first kappa shape index (κ1) is 20.7. The van der Waals surface area contributed by atoms with Crippen molar-refractivity contribution < 1.29 is 32.3 Å². The second-order valence-electron chi connectivity index (χ2n) is 7.22. The first-order valence-corrected chi connectivity index (χ1v) is 9.60. The van der Waals surface area contributed by atoms with Crippen LogP contribution in [-0.2, 0) is 9.59 Å². The van der Waals surface area contributed by atoms with Crippen LogP contribution < -0.4 is 15.0 Å². The number of rotatable bonds is 4. The largest absolute Gasteiger partial charge is 0.573 e. The lowest BCUT2D eigenvalue weighted by Crippen LogP contribution is -2.47. The van der Waals surface area contributed by atoms with Crippen molar-refractivity contribution >= 4 is 29.1 Å². The highest BCUT2D eigenvalue weighted by Crippen LogP contribution is 2.32. The summed E-state index contributed by atoms with van der Waals surface area (Å²) in [5.41, 5.74) is 0.950. The predicted molar refractivity (Wildman–Crippen MR) is 105 cm³/mol. The van der Waals surface area contributed by atoms with Gasteiger partial charge in [-0.1, -0.05) is 12.1 Å². The molecule has 2 aliphatic heterocycles. The number of para-hydroxylation sites is 1. The van der Waals surface area contributed by atoms with Crippen LogP contribution in [0.3, 0.4) is 0 Å². The molecule has 1 N–H and O–H groups in total. The standard InChI is InChI=1S/C21H18F3N3O4/c22-21(23,24)31-14-9-7-13(8-10-14)25-18(28)12-27-16-5-2-1-4-15(16)19(29)26-11-3-6-17(26)20(27)30/h1-2,4-5,7-10,17H,3,6,11-12H2,(H,25,28)/t17-/m1/s1. The molecule has 4 rings (SSSR count). The number of alkyl halides is 3.